The number of hydrogen-bond donors (Lipinski definition) is 1. The van der Waals surface area contributed by atoms with Crippen molar-refractivity contribution in [3.8, 4) is 0 Å². The molecule has 0 spiro atoms. The standard InChI is InChI=1S/C9H9BrO3/c1-13-9(12)8(11)6-4-2-3-5-7(6)10/h2-5,8,11H,1H3/t8-/m0/s1. The van der Waals surface area contributed by atoms with Crippen LogP contribution in [0.1, 0.15) is 11.7 Å². The van der Waals surface area contributed by atoms with Gasteiger partial charge in [-0.15, -0.1) is 0 Å². The monoisotopic (exact) mass is 244 g/mol. The van der Waals surface area contributed by atoms with E-state index in [4.69, 9.17) is 0 Å². The zero-order chi connectivity index (χ0) is 9.84. The van der Waals surface area contributed by atoms with Gasteiger partial charge in [0.1, 0.15) is 0 Å². The first-order chi connectivity index (χ1) is 6.16. The van der Waals surface area contributed by atoms with E-state index >= 15 is 0 Å². The van der Waals surface area contributed by atoms with E-state index in [0.717, 1.165) is 0 Å². The Bertz CT molecular complexity index is 311. The van der Waals surface area contributed by atoms with E-state index in [2.05, 4.69) is 20.7 Å². The van der Waals surface area contributed by atoms with Crippen LogP contribution in [0.2, 0.25) is 0 Å². The number of methoxy groups -OCH3 is 1. The van der Waals surface area contributed by atoms with Gasteiger partial charge in [-0.25, -0.2) is 4.79 Å². The van der Waals surface area contributed by atoms with Gasteiger partial charge in [0.15, 0.2) is 6.10 Å². The highest BCUT2D eigenvalue weighted by Gasteiger charge is 2.19. The Hall–Kier alpha value is -0.870. The lowest BCUT2D eigenvalue weighted by atomic mass is 10.1. The Morgan fingerprint density at radius 2 is 2.15 bits per heavy atom. The Kier molecular flexibility index (Phi) is 3.45. The molecule has 0 unspecified atom stereocenters. The zero-order valence-electron chi connectivity index (χ0n) is 7.03. The number of carbonyl (C=O) groups excluding carboxylic acids is 1. The molecule has 4 heteroatoms. The molecule has 0 aliphatic carbocycles. The summed E-state index contributed by atoms with van der Waals surface area (Å²) in [4.78, 5) is 11.0. The van der Waals surface area contributed by atoms with Crippen LogP contribution in [0.3, 0.4) is 0 Å². The van der Waals surface area contributed by atoms with Crippen molar-refractivity contribution < 1.29 is 14.6 Å². The summed E-state index contributed by atoms with van der Waals surface area (Å²) in [5, 5.41) is 9.47. The molecule has 0 aromatic heterocycles. The van der Waals surface area contributed by atoms with E-state index in [1.54, 1.807) is 24.3 Å². The first-order valence-corrected chi connectivity index (χ1v) is 4.46. The van der Waals surface area contributed by atoms with Crippen molar-refractivity contribution in [2.75, 3.05) is 7.11 Å². The van der Waals surface area contributed by atoms with Crippen LogP contribution >= 0.6 is 15.9 Å². The molecular weight excluding hydrogens is 236 g/mol. The average Bonchev–Trinajstić information content (AvgIpc) is 2.16. The van der Waals surface area contributed by atoms with Crippen molar-refractivity contribution >= 4 is 21.9 Å². The van der Waals surface area contributed by atoms with Crippen molar-refractivity contribution in [3.63, 3.8) is 0 Å². The molecule has 1 N–H and O–H groups in total. The number of carbonyl (C=O) groups is 1. The molecule has 0 aliphatic heterocycles. The van der Waals surface area contributed by atoms with Crippen LogP contribution in [-0.4, -0.2) is 18.2 Å². The smallest absolute Gasteiger partial charge is 0.339 e. The lowest BCUT2D eigenvalue weighted by Gasteiger charge is -2.09. The minimum absolute atomic E-state index is 0.509. The Morgan fingerprint density at radius 1 is 1.54 bits per heavy atom. The fourth-order valence-corrected chi connectivity index (χ4v) is 1.44. The van der Waals surface area contributed by atoms with Crippen molar-refractivity contribution in [1.29, 1.82) is 0 Å². The number of esters is 1. The van der Waals surface area contributed by atoms with Crippen LogP contribution in [0.25, 0.3) is 0 Å². The highest BCUT2D eigenvalue weighted by Crippen LogP contribution is 2.23. The summed E-state index contributed by atoms with van der Waals surface area (Å²) < 4.78 is 5.10. The van der Waals surface area contributed by atoms with Crippen LogP contribution in [0.15, 0.2) is 28.7 Å². The van der Waals surface area contributed by atoms with Gasteiger partial charge < -0.3 is 9.84 Å². The van der Waals surface area contributed by atoms with Crippen LogP contribution in [0.5, 0.6) is 0 Å². The van der Waals surface area contributed by atoms with Gasteiger partial charge in [-0.1, -0.05) is 34.1 Å². The van der Waals surface area contributed by atoms with Gasteiger partial charge in [0.2, 0.25) is 0 Å². The zero-order valence-corrected chi connectivity index (χ0v) is 8.61. The van der Waals surface area contributed by atoms with Crippen molar-refractivity contribution in [2.24, 2.45) is 0 Å². The number of benzene rings is 1. The van der Waals surface area contributed by atoms with Gasteiger partial charge >= 0.3 is 5.97 Å². The molecule has 1 atom stereocenters. The molecule has 0 heterocycles. The van der Waals surface area contributed by atoms with Gasteiger partial charge in [-0.2, -0.15) is 0 Å². The van der Waals surface area contributed by atoms with E-state index < -0.39 is 12.1 Å². The maximum atomic E-state index is 11.0. The molecule has 1 rings (SSSR count). The first kappa shape index (κ1) is 10.2. The number of rotatable bonds is 2. The summed E-state index contributed by atoms with van der Waals surface area (Å²) in [6.07, 6.45) is -1.22. The maximum absolute atomic E-state index is 11.0. The molecule has 1 aromatic rings. The van der Waals surface area contributed by atoms with E-state index in [0.29, 0.717) is 10.0 Å². The SMILES string of the molecule is COC(=O)[C@@H](O)c1ccccc1Br. The molecule has 0 fully saturated rings. The van der Waals surface area contributed by atoms with Crippen molar-refractivity contribution in [3.05, 3.63) is 34.3 Å². The van der Waals surface area contributed by atoms with Crippen molar-refractivity contribution in [1.82, 2.24) is 0 Å². The Labute approximate surface area is 84.5 Å². The van der Waals surface area contributed by atoms with E-state index in [-0.39, 0.29) is 0 Å². The normalized spacial score (nSPS) is 12.2. The first-order valence-electron chi connectivity index (χ1n) is 3.67. The average molecular weight is 245 g/mol. The summed E-state index contributed by atoms with van der Waals surface area (Å²) in [7, 11) is 1.24. The fraction of sp³-hybridized carbons (Fsp3) is 0.222. The second-order valence-corrected chi connectivity index (χ2v) is 3.30. The molecule has 0 saturated heterocycles. The molecule has 0 saturated carbocycles. The third-order valence-corrected chi connectivity index (χ3v) is 2.35. The maximum Gasteiger partial charge on any atom is 0.339 e. The van der Waals surface area contributed by atoms with Gasteiger partial charge in [0, 0.05) is 10.0 Å². The lowest BCUT2D eigenvalue weighted by molar-refractivity contribution is -0.150. The molecule has 70 valence electrons. The molecule has 1 aromatic carbocycles. The number of aliphatic hydroxyl groups excluding tert-OH is 1. The molecule has 0 aliphatic rings. The molecule has 0 bridgehead atoms. The quantitative estimate of drug-likeness (QED) is 0.806. The highest BCUT2D eigenvalue weighted by atomic mass is 79.9. The topological polar surface area (TPSA) is 46.5 Å². The van der Waals surface area contributed by atoms with Crippen LogP contribution in [-0.2, 0) is 9.53 Å². The minimum atomic E-state index is -1.22. The van der Waals surface area contributed by atoms with Gasteiger partial charge in [0.25, 0.3) is 0 Å². The highest BCUT2D eigenvalue weighted by molar-refractivity contribution is 9.10. The molecule has 13 heavy (non-hydrogen) atoms. The third kappa shape index (κ3) is 2.29. The Morgan fingerprint density at radius 3 is 2.69 bits per heavy atom. The van der Waals surface area contributed by atoms with E-state index in [9.17, 15) is 9.90 Å². The minimum Gasteiger partial charge on any atom is -0.467 e. The molecule has 3 nitrogen and oxygen atoms in total. The van der Waals surface area contributed by atoms with Crippen LogP contribution in [0.4, 0.5) is 0 Å². The van der Waals surface area contributed by atoms with Crippen LogP contribution < -0.4 is 0 Å². The summed E-state index contributed by atoms with van der Waals surface area (Å²) in [5.74, 6) is -0.660. The summed E-state index contributed by atoms with van der Waals surface area (Å²) in [6, 6.07) is 6.96. The van der Waals surface area contributed by atoms with E-state index in [1.165, 1.54) is 7.11 Å². The van der Waals surface area contributed by atoms with E-state index in [1.807, 2.05) is 0 Å². The molecular formula is C9H9BrO3. The largest absolute Gasteiger partial charge is 0.467 e. The van der Waals surface area contributed by atoms with Crippen LogP contribution in [0, 0.1) is 0 Å². The molecule has 0 amide bonds. The Balaban J connectivity index is 2.95. The predicted molar refractivity (Wildman–Crippen MR) is 51.1 cm³/mol. The fourth-order valence-electron chi connectivity index (χ4n) is 0.935. The summed E-state index contributed by atoms with van der Waals surface area (Å²) >= 11 is 3.23. The van der Waals surface area contributed by atoms with Crippen molar-refractivity contribution in [2.45, 2.75) is 6.10 Å². The third-order valence-electron chi connectivity index (χ3n) is 1.62. The number of aliphatic hydroxyl groups is 1. The second-order valence-electron chi connectivity index (χ2n) is 2.45. The lowest BCUT2D eigenvalue weighted by Crippen LogP contribution is -2.13. The van der Waals surface area contributed by atoms with Gasteiger partial charge in [-0.3, -0.25) is 0 Å². The summed E-state index contributed by atoms with van der Waals surface area (Å²) in [5.41, 5.74) is 0.509. The number of ether oxygens (including phenoxy) is 1. The number of halogens is 1. The molecule has 0 radical (unpaired) electrons. The predicted octanol–water partition coefficient (Wildman–Crippen LogP) is 1.66. The second kappa shape index (κ2) is 4.39. The van der Waals surface area contributed by atoms with Gasteiger partial charge in [0.05, 0.1) is 7.11 Å². The summed E-state index contributed by atoms with van der Waals surface area (Å²) in [6.45, 7) is 0. The number of hydrogen-bond acceptors (Lipinski definition) is 3. The van der Waals surface area contributed by atoms with Gasteiger partial charge in [-0.05, 0) is 6.07 Å².